The number of nitrogens with zero attached hydrogens (tertiary/aromatic N) is 3. The highest BCUT2D eigenvalue weighted by Crippen LogP contribution is 2.44. The summed E-state index contributed by atoms with van der Waals surface area (Å²) in [5, 5.41) is 27.8. The van der Waals surface area contributed by atoms with Crippen molar-refractivity contribution in [3.63, 3.8) is 0 Å². The number of ether oxygens (including phenoxy) is 1. The topological polar surface area (TPSA) is 161 Å². The number of amides is 3. The van der Waals surface area contributed by atoms with Gasteiger partial charge in [-0.15, -0.1) is 0 Å². The van der Waals surface area contributed by atoms with E-state index in [4.69, 9.17) is 16.3 Å². The maximum Gasteiger partial charge on any atom is 0.321 e. The maximum absolute atomic E-state index is 14.6. The molecule has 0 spiro atoms. The van der Waals surface area contributed by atoms with Crippen LogP contribution in [0.25, 0.3) is 0 Å². The predicted octanol–water partition coefficient (Wildman–Crippen LogP) is 5.29. The lowest BCUT2D eigenvalue weighted by Crippen LogP contribution is -2.52. The van der Waals surface area contributed by atoms with E-state index in [1.54, 1.807) is 88.9 Å². The first-order valence-corrected chi connectivity index (χ1v) is 18.9. The van der Waals surface area contributed by atoms with Crippen LogP contribution in [0, 0.1) is 5.41 Å². The number of rotatable bonds is 16. The third-order valence-corrected chi connectivity index (χ3v) is 10.8. The van der Waals surface area contributed by atoms with E-state index in [9.17, 15) is 29.4 Å². The van der Waals surface area contributed by atoms with E-state index < -0.39 is 41.8 Å². The highest BCUT2D eigenvalue weighted by Gasteiger charge is 2.50. The number of carbonyl (C=O) groups excluding carboxylic acids is 3. The Hall–Kier alpha value is -5.30. The Morgan fingerprint density at radius 1 is 0.964 bits per heavy atom. The van der Waals surface area contributed by atoms with Gasteiger partial charge >= 0.3 is 5.97 Å². The molecule has 1 saturated heterocycles. The normalized spacial score (nSPS) is 18.9. The summed E-state index contributed by atoms with van der Waals surface area (Å²) in [6.45, 7) is 1.53. The molecule has 4 N–H and O–H groups in total. The van der Waals surface area contributed by atoms with Crippen LogP contribution in [0.15, 0.2) is 103 Å². The zero-order chi connectivity index (χ0) is 39.0. The van der Waals surface area contributed by atoms with Crippen molar-refractivity contribution in [2.75, 3.05) is 18.1 Å². The second-order valence-electron chi connectivity index (χ2n) is 14.3. The molecular weight excluding hydrogens is 722 g/mol. The van der Waals surface area contributed by atoms with Crippen LogP contribution in [0.1, 0.15) is 61.9 Å². The van der Waals surface area contributed by atoms with E-state index >= 15 is 0 Å². The minimum atomic E-state index is -1.11. The molecule has 0 radical (unpaired) electrons. The van der Waals surface area contributed by atoms with Gasteiger partial charge in [0.2, 0.25) is 5.91 Å². The number of para-hydroxylation sites is 1. The van der Waals surface area contributed by atoms with Gasteiger partial charge in [-0.25, -0.2) is 0 Å². The Bertz CT molecular complexity index is 1930. The fraction of sp³-hybridized carbons (Fsp3) is 0.357. The second-order valence-corrected chi connectivity index (χ2v) is 14.7. The van der Waals surface area contributed by atoms with Crippen molar-refractivity contribution in [3.05, 3.63) is 125 Å². The number of carboxylic acids is 1. The number of aliphatic carboxylic acids is 1. The summed E-state index contributed by atoms with van der Waals surface area (Å²) in [6, 6.07) is 24.6. The van der Waals surface area contributed by atoms with Crippen molar-refractivity contribution >= 4 is 41.0 Å². The number of carboxylic acid groups (broad SMARTS) is 1. The van der Waals surface area contributed by atoms with Crippen molar-refractivity contribution in [1.29, 1.82) is 0 Å². The number of aliphatic hydroxyl groups excluding tert-OH is 1. The Kier molecular flexibility index (Phi) is 12.8. The quantitative estimate of drug-likeness (QED) is 0.111. The molecule has 12 nitrogen and oxygen atoms in total. The van der Waals surface area contributed by atoms with Crippen molar-refractivity contribution in [1.82, 2.24) is 20.5 Å². The number of aromatic nitrogens is 1. The summed E-state index contributed by atoms with van der Waals surface area (Å²) in [7, 11) is 0. The van der Waals surface area contributed by atoms with Crippen LogP contribution in [0.4, 0.5) is 5.69 Å². The number of benzene rings is 3. The third-order valence-electron chi connectivity index (χ3n) is 10.6. The van der Waals surface area contributed by atoms with Gasteiger partial charge in [0.25, 0.3) is 11.8 Å². The molecule has 55 heavy (non-hydrogen) atoms. The molecule has 288 valence electrons. The van der Waals surface area contributed by atoms with E-state index in [1.165, 1.54) is 6.92 Å². The van der Waals surface area contributed by atoms with Crippen LogP contribution >= 0.6 is 11.6 Å². The summed E-state index contributed by atoms with van der Waals surface area (Å²) in [4.78, 5) is 60.2. The van der Waals surface area contributed by atoms with Gasteiger partial charge in [0.05, 0.1) is 0 Å². The molecule has 1 aromatic heterocycles. The number of aliphatic hydroxyl groups is 1. The fourth-order valence-electron chi connectivity index (χ4n) is 7.72. The van der Waals surface area contributed by atoms with Crippen molar-refractivity contribution in [2.45, 2.75) is 76.3 Å². The first kappa shape index (κ1) is 39.4. The van der Waals surface area contributed by atoms with Crippen LogP contribution < -0.4 is 20.3 Å². The van der Waals surface area contributed by atoms with Gasteiger partial charge in [0, 0.05) is 48.4 Å². The molecule has 2 aliphatic rings. The average molecular weight is 768 g/mol. The predicted molar refractivity (Wildman–Crippen MR) is 207 cm³/mol. The molecule has 1 aliphatic heterocycles. The number of carbonyl (C=O) groups is 4. The SMILES string of the molecule is CC(=O)NCCC1([C@H](O)NC(Cc2ccc(N3C(=O)[C@@H](Cc4cccnc4)N(C(=O)COc4ccccc4)C3c3ccc(Cl)cc3)cc2)C(=O)O)CCCC1. The van der Waals surface area contributed by atoms with Crippen molar-refractivity contribution < 1.29 is 34.1 Å². The molecule has 2 unspecified atom stereocenters. The monoisotopic (exact) mass is 767 g/mol. The standard InChI is InChI=1S/C42H46ClN5O7/c1-28(49)45-23-21-42(19-5-6-20-42)41(54)46-35(40(52)53)24-29-11-17-33(18-12-29)47-38(31-13-15-32(43)16-14-31)48(37(50)27-55-34-9-3-2-4-10-34)36(39(47)51)25-30-8-7-22-44-26-30/h2-4,7-18,22,26,35-36,38,41,46,54H,5-6,19-21,23-25,27H2,1H3,(H,45,49)(H,52,53)/t35?,36-,38?,41+/m1/s1. The first-order chi connectivity index (χ1) is 26.5. The molecular formula is C42H46ClN5O7. The number of nitrogens with one attached hydrogen (secondary N) is 2. The summed E-state index contributed by atoms with van der Waals surface area (Å²) in [6.07, 6.45) is 5.45. The average Bonchev–Trinajstić information content (AvgIpc) is 3.78. The fourth-order valence-corrected chi connectivity index (χ4v) is 7.85. The lowest BCUT2D eigenvalue weighted by atomic mass is 9.80. The lowest BCUT2D eigenvalue weighted by molar-refractivity contribution is -0.141. The lowest BCUT2D eigenvalue weighted by Gasteiger charge is -2.36. The Balaban J connectivity index is 1.27. The molecule has 0 bridgehead atoms. The van der Waals surface area contributed by atoms with Crippen LogP contribution in [-0.2, 0) is 32.0 Å². The Labute approximate surface area is 325 Å². The van der Waals surface area contributed by atoms with E-state index in [1.807, 2.05) is 24.3 Å². The summed E-state index contributed by atoms with van der Waals surface area (Å²) >= 11 is 6.28. The second kappa shape index (κ2) is 17.9. The molecule has 2 heterocycles. The molecule has 13 heteroatoms. The van der Waals surface area contributed by atoms with Gasteiger partial charge in [-0.2, -0.15) is 0 Å². The highest BCUT2D eigenvalue weighted by atomic mass is 35.5. The van der Waals surface area contributed by atoms with Gasteiger partial charge in [-0.05, 0) is 84.8 Å². The van der Waals surface area contributed by atoms with Gasteiger partial charge < -0.3 is 25.2 Å². The van der Waals surface area contributed by atoms with Gasteiger partial charge in [0.1, 0.15) is 30.2 Å². The highest BCUT2D eigenvalue weighted by molar-refractivity contribution is 6.30. The van der Waals surface area contributed by atoms with Crippen LogP contribution in [0.3, 0.4) is 0 Å². The zero-order valence-electron chi connectivity index (χ0n) is 30.6. The smallest absolute Gasteiger partial charge is 0.321 e. The van der Waals surface area contributed by atoms with Crippen molar-refractivity contribution in [3.8, 4) is 5.75 Å². The number of halogens is 1. The summed E-state index contributed by atoms with van der Waals surface area (Å²) < 4.78 is 5.88. The largest absolute Gasteiger partial charge is 0.484 e. The van der Waals surface area contributed by atoms with Gasteiger partial charge in [-0.3, -0.25) is 34.4 Å². The van der Waals surface area contributed by atoms with E-state index in [0.29, 0.717) is 40.6 Å². The zero-order valence-corrected chi connectivity index (χ0v) is 31.4. The molecule has 4 aromatic rings. The number of pyridine rings is 1. The van der Waals surface area contributed by atoms with Gasteiger partial charge in [-0.1, -0.05) is 73.0 Å². The third kappa shape index (κ3) is 9.51. The molecule has 1 saturated carbocycles. The minimum absolute atomic E-state index is 0.0636. The Morgan fingerprint density at radius 2 is 1.67 bits per heavy atom. The van der Waals surface area contributed by atoms with Crippen LogP contribution in [-0.4, -0.2) is 75.3 Å². The first-order valence-electron chi connectivity index (χ1n) is 18.5. The molecule has 4 atom stereocenters. The molecule has 2 fully saturated rings. The molecule has 3 amide bonds. The number of anilines is 1. The van der Waals surface area contributed by atoms with Crippen LogP contribution in [0.5, 0.6) is 5.75 Å². The van der Waals surface area contributed by atoms with E-state index in [0.717, 1.165) is 31.2 Å². The van der Waals surface area contributed by atoms with Crippen molar-refractivity contribution in [2.24, 2.45) is 5.41 Å². The summed E-state index contributed by atoms with van der Waals surface area (Å²) in [5.41, 5.74) is 2.06. The van der Waals surface area contributed by atoms with E-state index in [-0.39, 0.29) is 31.3 Å². The molecule has 6 rings (SSSR count). The number of hydrogen-bond acceptors (Lipinski definition) is 8. The van der Waals surface area contributed by atoms with Gasteiger partial charge in [0.15, 0.2) is 6.61 Å². The maximum atomic E-state index is 14.6. The Morgan fingerprint density at radius 3 is 2.31 bits per heavy atom. The number of hydrogen-bond donors (Lipinski definition) is 4. The van der Waals surface area contributed by atoms with Crippen LogP contribution in [0.2, 0.25) is 5.02 Å². The molecule has 3 aromatic carbocycles. The summed E-state index contributed by atoms with van der Waals surface area (Å²) in [5.74, 6) is -1.44. The molecule has 1 aliphatic carbocycles. The minimum Gasteiger partial charge on any atom is -0.484 e. The van der Waals surface area contributed by atoms with E-state index in [2.05, 4.69) is 15.6 Å².